The van der Waals surface area contributed by atoms with E-state index in [1.165, 1.54) is 84.1 Å². The minimum absolute atomic E-state index is 0.0184. The average molecular weight is 874 g/mol. The highest BCUT2D eigenvalue weighted by atomic mass is 127. The highest BCUT2D eigenvalue weighted by molar-refractivity contribution is 14.1. The lowest BCUT2D eigenvalue weighted by molar-refractivity contribution is 0.590. The Hall–Kier alpha value is -2.78. The maximum absolute atomic E-state index is 4.01. The van der Waals surface area contributed by atoms with Gasteiger partial charge in [-0.05, 0) is 150 Å². The molecule has 0 saturated heterocycles. The molecule has 3 heterocycles. The molecule has 3 aromatic heterocycles. The number of benzene rings is 4. The van der Waals surface area contributed by atoms with Crippen molar-refractivity contribution >= 4 is 88.8 Å². The van der Waals surface area contributed by atoms with Crippen molar-refractivity contribution in [1.29, 1.82) is 0 Å². The molecule has 0 amide bonds. The van der Waals surface area contributed by atoms with Crippen LogP contribution in [0.15, 0.2) is 60.7 Å². The molecule has 0 unspecified atom stereocenters. The number of aromatic nitrogens is 3. The van der Waals surface area contributed by atoms with Gasteiger partial charge < -0.3 is 15.0 Å². The molecule has 0 spiro atoms. The van der Waals surface area contributed by atoms with Crippen molar-refractivity contribution in [2.75, 3.05) is 0 Å². The number of aromatic amines is 3. The highest BCUT2D eigenvalue weighted by Gasteiger charge is 2.25. The zero-order chi connectivity index (χ0) is 35.6. The lowest BCUT2D eigenvalue weighted by atomic mass is 9.83. The first-order chi connectivity index (χ1) is 22.6. The van der Waals surface area contributed by atoms with Crippen molar-refractivity contribution in [3.05, 3.63) is 90.1 Å². The molecule has 0 aliphatic heterocycles. The lowest BCUT2D eigenvalue weighted by Crippen LogP contribution is -2.11. The van der Waals surface area contributed by atoms with Crippen LogP contribution in [-0.4, -0.2) is 15.0 Å². The first-order valence-electron chi connectivity index (χ1n) is 17.4. The molecule has 254 valence electrons. The van der Waals surface area contributed by atoms with E-state index in [0.29, 0.717) is 0 Å². The Morgan fingerprint density at radius 1 is 0.367 bits per heavy atom. The summed E-state index contributed by atoms with van der Waals surface area (Å²) in [6, 6.07) is 23.8. The van der Waals surface area contributed by atoms with Crippen LogP contribution >= 0.6 is 45.2 Å². The van der Waals surface area contributed by atoms with Crippen LogP contribution in [-0.2, 0) is 21.7 Å². The van der Waals surface area contributed by atoms with Gasteiger partial charge in [-0.25, -0.2) is 0 Å². The smallest absolute Gasteiger partial charge is 0.0594 e. The third-order valence-corrected chi connectivity index (χ3v) is 11.9. The Labute approximate surface area is 318 Å². The van der Waals surface area contributed by atoms with Crippen LogP contribution in [0.25, 0.3) is 66.1 Å². The predicted molar refractivity (Wildman–Crippen MR) is 231 cm³/mol. The van der Waals surface area contributed by atoms with Crippen molar-refractivity contribution in [2.45, 2.75) is 105 Å². The average Bonchev–Trinajstić information content (AvgIpc) is 3.69. The molecule has 3 nitrogen and oxygen atoms in total. The van der Waals surface area contributed by atoms with Gasteiger partial charge in [0.05, 0.1) is 22.1 Å². The van der Waals surface area contributed by atoms with Gasteiger partial charge in [0.2, 0.25) is 0 Å². The maximum Gasteiger partial charge on any atom is 0.0594 e. The fourth-order valence-electron chi connectivity index (χ4n) is 6.95. The van der Waals surface area contributed by atoms with E-state index in [-0.39, 0.29) is 21.7 Å². The summed E-state index contributed by atoms with van der Waals surface area (Å²) in [6.07, 6.45) is 0. The monoisotopic (exact) mass is 873 g/mol. The fraction of sp³-hybridized carbons (Fsp3) is 0.364. The van der Waals surface area contributed by atoms with Gasteiger partial charge in [-0.15, -0.1) is 0 Å². The number of nitrogens with one attached hydrogen (secondary N) is 3. The molecule has 0 aliphatic rings. The molecule has 0 atom stereocenters. The third-order valence-electron chi connectivity index (χ3n) is 10.2. The second-order valence-corrected chi connectivity index (χ2v) is 20.6. The summed E-state index contributed by atoms with van der Waals surface area (Å²) in [7, 11) is 0. The molecule has 0 saturated carbocycles. The first-order valence-corrected chi connectivity index (χ1v) is 19.6. The van der Waals surface area contributed by atoms with E-state index in [9.17, 15) is 0 Å². The van der Waals surface area contributed by atoms with Crippen LogP contribution in [0, 0.1) is 7.14 Å². The van der Waals surface area contributed by atoms with Gasteiger partial charge in [0.25, 0.3) is 0 Å². The van der Waals surface area contributed by atoms with E-state index in [4.69, 9.17) is 0 Å². The topological polar surface area (TPSA) is 47.4 Å². The minimum Gasteiger partial charge on any atom is -0.354 e. The highest BCUT2D eigenvalue weighted by Crippen LogP contribution is 2.44. The molecule has 7 rings (SSSR count). The second kappa shape index (κ2) is 11.4. The Bertz CT molecular complexity index is 2270. The van der Waals surface area contributed by atoms with E-state index < -0.39 is 0 Å². The minimum atomic E-state index is -0.0184. The normalized spacial score (nSPS) is 13.5. The van der Waals surface area contributed by atoms with Crippen molar-refractivity contribution in [3.63, 3.8) is 0 Å². The molecule has 0 aliphatic carbocycles. The maximum atomic E-state index is 4.01. The summed E-state index contributed by atoms with van der Waals surface area (Å²) in [6.45, 7) is 27.7. The van der Waals surface area contributed by atoms with Crippen LogP contribution in [0.4, 0.5) is 0 Å². The standard InChI is InChI=1S/C44H49I2N3/c1-41(2,3)25-13-23-15-35(47-37(23)33(45)21-25)31-19-27(43(7,8)9)17-29-30-18-28(44(10,11)12)20-32(40(30)49-39(29)31)36-16-24-14-26(42(4,5)6)22-34(46)38(24)48-36/h13-22,47-49H,1-12H3. The van der Waals surface area contributed by atoms with Gasteiger partial charge in [-0.3, -0.25) is 0 Å². The van der Waals surface area contributed by atoms with E-state index in [2.05, 4.69) is 204 Å². The number of hydrogen-bond donors (Lipinski definition) is 3. The van der Waals surface area contributed by atoms with Crippen molar-refractivity contribution in [2.24, 2.45) is 0 Å². The number of fused-ring (bicyclic) bond motifs is 5. The Kier molecular flexibility index (Phi) is 8.04. The molecule has 5 heteroatoms. The molecule has 4 aromatic carbocycles. The van der Waals surface area contributed by atoms with Gasteiger partial charge in [0.1, 0.15) is 0 Å². The zero-order valence-corrected chi connectivity index (χ0v) is 35.3. The largest absolute Gasteiger partial charge is 0.354 e. The summed E-state index contributed by atoms with van der Waals surface area (Å²) in [5.41, 5.74) is 15.0. The van der Waals surface area contributed by atoms with Gasteiger partial charge >= 0.3 is 0 Å². The SMILES string of the molecule is CC(C)(C)c1cc(I)c2[nH]c(-c3cc(C(C)(C)C)cc4c3[nH]c3c(-c5cc6cc(C(C)(C)C)cc(I)c6[nH]5)cc(C(C)(C)C)cc34)cc2c1. The van der Waals surface area contributed by atoms with Gasteiger partial charge in [-0.1, -0.05) is 83.1 Å². The Morgan fingerprint density at radius 3 is 1.02 bits per heavy atom. The molecular weight excluding hydrogens is 824 g/mol. The summed E-state index contributed by atoms with van der Waals surface area (Å²) in [5, 5.41) is 5.06. The quantitative estimate of drug-likeness (QED) is 0.145. The van der Waals surface area contributed by atoms with Crippen LogP contribution in [0.5, 0.6) is 0 Å². The van der Waals surface area contributed by atoms with Crippen molar-refractivity contribution in [1.82, 2.24) is 15.0 Å². The molecular formula is C44H49I2N3. The molecule has 0 radical (unpaired) electrons. The summed E-state index contributed by atoms with van der Waals surface area (Å²) < 4.78 is 2.51. The number of hydrogen-bond acceptors (Lipinski definition) is 0. The fourth-order valence-corrected chi connectivity index (χ4v) is 8.51. The van der Waals surface area contributed by atoms with Crippen LogP contribution in [0.3, 0.4) is 0 Å². The number of halogens is 2. The molecule has 49 heavy (non-hydrogen) atoms. The third kappa shape index (κ3) is 6.15. The van der Waals surface area contributed by atoms with Gasteiger partial charge in [-0.2, -0.15) is 0 Å². The van der Waals surface area contributed by atoms with Gasteiger partial charge in [0.15, 0.2) is 0 Å². The summed E-state index contributed by atoms with van der Waals surface area (Å²) >= 11 is 5.00. The Morgan fingerprint density at radius 2 is 0.694 bits per heavy atom. The predicted octanol–water partition coefficient (Wildman–Crippen LogP) is 14.0. The van der Waals surface area contributed by atoms with Crippen LogP contribution in [0.1, 0.15) is 105 Å². The molecule has 3 N–H and O–H groups in total. The van der Waals surface area contributed by atoms with E-state index in [0.717, 1.165) is 11.4 Å². The second-order valence-electron chi connectivity index (χ2n) is 18.2. The van der Waals surface area contributed by atoms with Gasteiger partial charge in [0, 0.05) is 51.2 Å². The molecule has 0 fully saturated rings. The number of rotatable bonds is 2. The van der Waals surface area contributed by atoms with E-state index in [1.54, 1.807) is 0 Å². The van der Waals surface area contributed by atoms with E-state index in [1.807, 2.05) is 0 Å². The molecule has 7 aromatic rings. The van der Waals surface area contributed by atoms with E-state index >= 15 is 0 Å². The number of H-pyrrole nitrogens is 3. The van der Waals surface area contributed by atoms with Crippen molar-refractivity contribution in [3.8, 4) is 22.5 Å². The Balaban J connectivity index is 1.55. The first kappa shape index (κ1) is 34.7. The molecule has 0 bridgehead atoms. The summed E-state index contributed by atoms with van der Waals surface area (Å²) in [5.74, 6) is 0. The lowest BCUT2D eigenvalue weighted by Gasteiger charge is -2.21. The summed E-state index contributed by atoms with van der Waals surface area (Å²) in [4.78, 5) is 11.7. The van der Waals surface area contributed by atoms with Crippen LogP contribution in [0.2, 0.25) is 0 Å². The zero-order valence-electron chi connectivity index (χ0n) is 31.0. The van der Waals surface area contributed by atoms with Crippen molar-refractivity contribution < 1.29 is 0 Å². The van der Waals surface area contributed by atoms with Crippen LogP contribution < -0.4 is 0 Å².